The van der Waals surface area contributed by atoms with Crippen LogP contribution < -0.4 is 10.6 Å². The first kappa shape index (κ1) is 18.7. The molecule has 2 N–H and O–H groups in total. The third kappa shape index (κ3) is 6.42. The van der Waals surface area contributed by atoms with Gasteiger partial charge in [-0.3, -0.25) is 4.99 Å². The number of aliphatic imine (C=N–C) groups is 1. The van der Waals surface area contributed by atoms with Crippen molar-refractivity contribution in [3.63, 3.8) is 0 Å². The monoisotopic (exact) mass is 346 g/mol. The summed E-state index contributed by atoms with van der Waals surface area (Å²) >= 11 is 0. The summed E-state index contributed by atoms with van der Waals surface area (Å²) in [5.41, 5.74) is 0. The van der Waals surface area contributed by atoms with Gasteiger partial charge in [0, 0.05) is 32.1 Å². The molecule has 1 aliphatic heterocycles. The number of likely N-dealkylation sites (tertiary alicyclic amines) is 1. The summed E-state index contributed by atoms with van der Waals surface area (Å²) in [6.07, 6.45) is 9.16. The zero-order chi connectivity index (χ0) is 17.9. The number of furan rings is 1. The van der Waals surface area contributed by atoms with Gasteiger partial charge in [-0.15, -0.1) is 6.42 Å². The fraction of sp³-hybridized carbons (Fsp3) is 0.556. The number of ether oxygens (including phenoxy) is 1. The summed E-state index contributed by atoms with van der Waals surface area (Å²) in [7, 11) is 0. The Morgan fingerprint density at radius 1 is 1.52 bits per heavy atom. The molecular weight excluding hydrogens is 320 g/mol. The average Bonchev–Trinajstić information content (AvgIpc) is 3.13. The van der Waals surface area contributed by atoms with Gasteiger partial charge in [-0.25, -0.2) is 4.79 Å². The maximum atomic E-state index is 11.7. The van der Waals surface area contributed by atoms with E-state index in [1.165, 1.54) is 0 Å². The van der Waals surface area contributed by atoms with E-state index >= 15 is 0 Å². The molecule has 0 radical (unpaired) electrons. The maximum Gasteiger partial charge on any atom is 0.409 e. The van der Waals surface area contributed by atoms with Crippen LogP contribution in [0.25, 0.3) is 0 Å². The second kappa shape index (κ2) is 10.3. The lowest BCUT2D eigenvalue weighted by Gasteiger charge is -2.32. The number of guanidine groups is 1. The van der Waals surface area contributed by atoms with Crippen molar-refractivity contribution >= 4 is 12.1 Å². The summed E-state index contributed by atoms with van der Waals surface area (Å²) in [4.78, 5) is 18.0. The van der Waals surface area contributed by atoms with Crippen molar-refractivity contribution in [3.8, 4) is 12.3 Å². The van der Waals surface area contributed by atoms with E-state index in [4.69, 9.17) is 15.6 Å². The molecule has 1 aliphatic rings. The van der Waals surface area contributed by atoms with Crippen molar-refractivity contribution in [2.75, 3.05) is 32.8 Å². The molecule has 1 amide bonds. The molecule has 136 valence electrons. The lowest BCUT2D eigenvalue weighted by Crippen LogP contribution is -2.50. The molecule has 7 nitrogen and oxygen atoms in total. The van der Waals surface area contributed by atoms with Gasteiger partial charge >= 0.3 is 6.09 Å². The van der Waals surface area contributed by atoms with E-state index in [-0.39, 0.29) is 12.1 Å². The summed E-state index contributed by atoms with van der Waals surface area (Å²) in [6.45, 7) is 4.58. The van der Waals surface area contributed by atoms with Gasteiger partial charge in [0.05, 0.1) is 19.4 Å². The van der Waals surface area contributed by atoms with Crippen LogP contribution in [0.5, 0.6) is 0 Å². The number of carbonyl (C=O) groups excluding carboxylic acids is 1. The molecule has 1 saturated heterocycles. The molecule has 0 aromatic carbocycles. The highest BCUT2D eigenvalue weighted by molar-refractivity contribution is 5.80. The minimum Gasteiger partial charge on any atom is -0.469 e. The number of piperidine rings is 1. The second-order valence-electron chi connectivity index (χ2n) is 5.72. The first-order valence-electron chi connectivity index (χ1n) is 8.65. The van der Waals surface area contributed by atoms with E-state index in [1.54, 1.807) is 11.2 Å². The molecule has 0 spiro atoms. The van der Waals surface area contributed by atoms with Gasteiger partial charge in [-0.2, -0.15) is 0 Å². The first-order valence-corrected chi connectivity index (χ1v) is 8.65. The van der Waals surface area contributed by atoms with Crippen LogP contribution in [0.4, 0.5) is 4.79 Å². The molecule has 1 aromatic heterocycles. The first-order chi connectivity index (χ1) is 12.2. The molecule has 0 saturated carbocycles. The molecule has 0 atom stereocenters. The Bertz CT molecular complexity index is 584. The summed E-state index contributed by atoms with van der Waals surface area (Å²) < 4.78 is 10.3. The number of amides is 1. The van der Waals surface area contributed by atoms with E-state index in [0.29, 0.717) is 38.7 Å². The number of hydrogen-bond acceptors (Lipinski definition) is 4. The minimum atomic E-state index is -0.237. The number of hydrogen-bond donors (Lipinski definition) is 2. The van der Waals surface area contributed by atoms with Gasteiger partial charge < -0.3 is 24.7 Å². The maximum absolute atomic E-state index is 11.7. The Morgan fingerprint density at radius 3 is 2.96 bits per heavy atom. The lowest BCUT2D eigenvalue weighted by atomic mass is 10.1. The van der Waals surface area contributed by atoms with Crippen molar-refractivity contribution in [1.29, 1.82) is 0 Å². The van der Waals surface area contributed by atoms with Crippen LogP contribution in [0, 0.1) is 12.3 Å². The number of nitrogens with one attached hydrogen (secondary N) is 2. The molecule has 7 heteroatoms. The molecule has 0 bridgehead atoms. The number of nitrogens with zero attached hydrogens (tertiary/aromatic N) is 2. The van der Waals surface area contributed by atoms with E-state index in [2.05, 4.69) is 21.5 Å². The topological polar surface area (TPSA) is 79.1 Å². The molecule has 0 aliphatic carbocycles. The quantitative estimate of drug-likeness (QED) is 0.465. The smallest absolute Gasteiger partial charge is 0.409 e. The third-order valence-electron chi connectivity index (χ3n) is 3.93. The van der Waals surface area contributed by atoms with E-state index in [0.717, 1.165) is 25.0 Å². The van der Waals surface area contributed by atoms with Gasteiger partial charge in [0.25, 0.3) is 0 Å². The van der Waals surface area contributed by atoms with Gasteiger partial charge in [-0.05, 0) is 31.9 Å². The molecule has 0 unspecified atom stereocenters. The molecule has 1 fully saturated rings. The largest absolute Gasteiger partial charge is 0.469 e. The van der Waals surface area contributed by atoms with Gasteiger partial charge in [-0.1, -0.05) is 5.92 Å². The van der Waals surface area contributed by atoms with Gasteiger partial charge in [0.1, 0.15) is 5.76 Å². The summed E-state index contributed by atoms with van der Waals surface area (Å²) in [5, 5.41) is 6.51. The SMILES string of the molecule is C#CCNC(=NCCc1ccco1)NC1CCN(C(=O)OCC)CC1. The Kier molecular flexibility index (Phi) is 7.70. The fourth-order valence-corrected chi connectivity index (χ4v) is 2.63. The molecule has 2 heterocycles. The highest BCUT2D eigenvalue weighted by Gasteiger charge is 2.24. The van der Waals surface area contributed by atoms with Crippen LogP contribution in [0.1, 0.15) is 25.5 Å². The number of rotatable bonds is 6. The van der Waals surface area contributed by atoms with Crippen molar-refractivity contribution in [3.05, 3.63) is 24.2 Å². The Hall–Kier alpha value is -2.62. The second-order valence-corrected chi connectivity index (χ2v) is 5.72. The van der Waals surface area contributed by atoms with Gasteiger partial charge in [0.2, 0.25) is 0 Å². The van der Waals surface area contributed by atoms with Crippen LogP contribution in [0.3, 0.4) is 0 Å². The molecule has 25 heavy (non-hydrogen) atoms. The fourth-order valence-electron chi connectivity index (χ4n) is 2.63. The van der Waals surface area contributed by atoms with E-state index in [9.17, 15) is 4.79 Å². The number of terminal acetylenes is 1. The summed E-state index contributed by atoms with van der Waals surface area (Å²) in [6, 6.07) is 4.05. The Labute approximate surface area is 148 Å². The zero-order valence-corrected chi connectivity index (χ0v) is 14.7. The van der Waals surface area contributed by atoms with Crippen molar-refractivity contribution < 1.29 is 13.9 Å². The number of carbonyl (C=O) groups is 1. The van der Waals surface area contributed by atoms with Gasteiger partial charge in [0.15, 0.2) is 5.96 Å². The summed E-state index contributed by atoms with van der Waals surface area (Å²) in [5.74, 6) is 4.15. The molecule has 1 aromatic rings. The average molecular weight is 346 g/mol. The van der Waals surface area contributed by atoms with Crippen LogP contribution in [0.15, 0.2) is 27.8 Å². The van der Waals surface area contributed by atoms with Crippen molar-refractivity contribution in [2.24, 2.45) is 4.99 Å². The van der Waals surface area contributed by atoms with E-state index < -0.39 is 0 Å². The predicted octanol–water partition coefficient (Wildman–Crippen LogP) is 1.61. The molecule has 2 rings (SSSR count). The normalized spacial score (nSPS) is 15.5. The Balaban J connectivity index is 1.81. The third-order valence-corrected chi connectivity index (χ3v) is 3.93. The van der Waals surface area contributed by atoms with Crippen LogP contribution in [-0.2, 0) is 11.2 Å². The van der Waals surface area contributed by atoms with Crippen LogP contribution in [0.2, 0.25) is 0 Å². The van der Waals surface area contributed by atoms with Crippen LogP contribution in [-0.4, -0.2) is 55.8 Å². The highest BCUT2D eigenvalue weighted by Crippen LogP contribution is 2.11. The molecular formula is C18H26N4O3. The predicted molar refractivity (Wildman–Crippen MR) is 96.3 cm³/mol. The minimum absolute atomic E-state index is 0.237. The van der Waals surface area contributed by atoms with E-state index in [1.807, 2.05) is 19.1 Å². The zero-order valence-electron chi connectivity index (χ0n) is 14.7. The standard InChI is InChI=1S/C18H26N4O3/c1-3-10-19-17(20-11-7-16-6-5-14-25-16)21-15-8-12-22(13-9-15)18(23)24-4-2/h1,5-6,14-15H,4,7-13H2,2H3,(H2,19,20,21). The van der Waals surface area contributed by atoms with Crippen molar-refractivity contribution in [1.82, 2.24) is 15.5 Å². The van der Waals surface area contributed by atoms with Crippen LogP contribution >= 0.6 is 0 Å². The highest BCUT2D eigenvalue weighted by atomic mass is 16.6. The lowest BCUT2D eigenvalue weighted by molar-refractivity contribution is 0.0963. The van der Waals surface area contributed by atoms with Crippen molar-refractivity contribution in [2.45, 2.75) is 32.2 Å². The Morgan fingerprint density at radius 2 is 2.32 bits per heavy atom.